The zero-order valence-electron chi connectivity index (χ0n) is 16.5. The molecule has 0 bridgehead atoms. The molecule has 1 aliphatic heterocycles. The highest BCUT2D eigenvalue weighted by Gasteiger charge is 2.29. The number of carboxylic acid groups (broad SMARTS) is 1. The summed E-state index contributed by atoms with van der Waals surface area (Å²) in [6.07, 6.45) is 1.55. The van der Waals surface area contributed by atoms with E-state index >= 15 is 0 Å². The number of furan rings is 1. The number of halogens is 1. The summed E-state index contributed by atoms with van der Waals surface area (Å²) in [5.74, 6) is -0.663. The summed E-state index contributed by atoms with van der Waals surface area (Å²) in [7, 11) is 0. The number of nitro groups is 1. The van der Waals surface area contributed by atoms with Gasteiger partial charge in [-0.25, -0.2) is 4.79 Å². The van der Waals surface area contributed by atoms with Crippen LogP contribution in [0.5, 0.6) is 0 Å². The summed E-state index contributed by atoms with van der Waals surface area (Å²) >= 11 is 3.32. The van der Waals surface area contributed by atoms with Gasteiger partial charge in [-0.15, -0.1) is 0 Å². The molecule has 1 N–H and O–H groups in total. The number of rotatable bonds is 5. The van der Waals surface area contributed by atoms with Crippen molar-refractivity contribution in [2.45, 2.75) is 6.92 Å². The van der Waals surface area contributed by atoms with Crippen LogP contribution >= 0.6 is 15.9 Å². The maximum atomic E-state index is 12.9. The van der Waals surface area contributed by atoms with Crippen LogP contribution in [0.1, 0.15) is 23.0 Å². The second-order valence-electron chi connectivity index (χ2n) is 6.84. The van der Waals surface area contributed by atoms with Crippen molar-refractivity contribution >= 4 is 51.0 Å². The van der Waals surface area contributed by atoms with Crippen LogP contribution in [-0.2, 0) is 4.79 Å². The Morgan fingerprint density at radius 3 is 2.69 bits per heavy atom. The highest BCUT2D eigenvalue weighted by Crippen LogP contribution is 2.33. The van der Waals surface area contributed by atoms with Gasteiger partial charge in [0.15, 0.2) is 0 Å². The number of carbonyl (C=O) groups is 2. The fraction of sp³-hybridized carbons (Fsp3) is 0.0455. The molecule has 0 aliphatic carbocycles. The van der Waals surface area contributed by atoms with Crippen LogP contribution in [0.15, 0.2) is 74.2 Å². The standard InChI is InChI=1S/C22H14BrN3O6/c1-12-18(21(27)25(24-12)14-4-2-3-13(9-14)22(28)29)11-16-6-8-20(32-16)17-7-5-15(26(30)31)10-19(17)23/h2-11H,1H3,(H,28,29). The van der Waals surface area contributed by atoms with E-state index in [0.29, 0.717) is 38.5 Å². The number of amides is 1. The molecule has 0 unspecified atom stereocenters. The largest absolute Gasteiger partial charge is 0.478 e. The fourth-order valence-electron chi connectivity index (χ4n) is 3.16. The second-order valence-corrected chi connectivity index (χ2v) is 7.69. The number of anilines is 1. The van der Waals surface area contributed by atoms with E-state index in [2.05, 4.69) is 21.0 Å². The fourth-order valence-corrected chi connectivity index (χ4v) is 3.73. The molecule has 2 aromatic carbocycles. The average molecular weight is 496 g/mol. The Kier molecular flexibility index (Phi) is 5.45. The van der Waals surface area contributed by atoms with Crippen LogP contribution in [0.4, 0.5) is 11.4 Å². The number of carbonyl (C=O) groups excluding carboxylic acids is 1. The lowest BCUT2D eigenvalue weighted by Crippen LogP contribution is -2.21. The molecule has 0 saturated heterocycles. The monoisotopic (exact) mass is 495 g/mol. The molecular formula is C22H14BrN3O6. The Morgan fingerprint density at radius 1 is 1.22 bits per heavy atom. The number of hydrazone groups is 1. The Bertz CT molecular complexity index is 1340. The minimum absolute atomic E-state index is 0.0462. The number of benzene rings is 2. The molecule has 9 nitrogen and oxygen atoms in total. The highest BCUT2D eigenvalue weighted by molar-refractivity contribution is 9.10. The third kappa shape index (κ3) is 3.95. The number of carboxylic acids is 1. The van der Waals surface area contributed by atoms with Crippen molar-refractivity contribution in [3.63, 3.8) is 0 Å². The molecule has 10 heteroatoms. The maximum absolute atomic E-state index is 12.9. The van der Waals surface area contributed by atoms with Gasteiger partial charge in [0.05, 0.1) is 27.5 Å². The van der Waals surface area contributed by atoms with Crippen molar-refractivity contribution in [1.29, 1.82) is 0 Å². The molecule has 32 heavy (non-hydrogen) atoms. The second kappa shape index (κ2) is 8.23. The van der Waals surface area contributed by atoms with Crippen LogP contribution < -0.4 is 5.01 Å². The molecule has 160 valence electrons. The van der Waals surface area contributed by atoms with Gasteiger partial charge in [-0.3, -0.25) is 14.9 Å². The summed E-state index contributed by atoms with van der Waals surface area (Å²) in [6.45, 7) is 1.67. The van der Waals surface area contributed by atoms with Gasteiger partial charge in [0, 0.05) is 22.2 Å². The number of nitrogens with zero attached hydrogens (tertiary/aromatic N) is 3. The zero-order valence-corrected chi connectivity index (χ0v) is 18.1. The molecule has 3 aromatic rings. The predicted molar refractivity (Wildman–Crippen MR) is 120 cm³/mol. The Morgan fingerprint density at radius 2 is 2.00 bits per heavy atom. The van der Waals surface area contributed by atoms with E-state index < -0.39 is 16.8 Å². The van der Waals surface area contributed by atoms with Gasteiger partial charge in [0.2, 0.25) is 0 Å². The van der Waals surface area contributed by atoms with Crippen LogP contribution in [0.25, 0.3) is 17.4 Å². The Balaban J connectivity index is 1.62. The Hall–Kier alpha value is -4.05. The molecule has 4 rings (SSSR count). The first-order valence-electron chi connectivity index (χ1n) is 9.24. The summed E-state index contributed by atoms with van der Waals surface area (Å²) in [4.78, 5) is 34.6. The molecular weight excluding hydrogens is 482 g/mol. The minimum Gasteiger partial charge on any atom is -0.478 e. The van der Waals surface area contributed by atoms with E-state index in [1.54, 1.807) is 43.3 Å². The highest BCUT2D eigenvalue weighted by atomic mass is 79.9. The lowest BCUT2D eigenvalue weighted by molar-refractivity contribution is -0.384. The smallest absolute Gasteiger partial charge is 0.335 e. The van der Waals surface area contributed by atoms with Crippen molar-refractivity contribution in [1.82, 2.24) is 0 Å². The van der Waals surface area contributed by atoms with Crippen LogP contribution in [0.3, 0.4) is 0 Å². The van der Waals surface area contributed by atoms with Gasteiger partial charge < -0.3 is 9.52 Å². The summed E-state index contributed by atoms with van der Waals surface area (Å²) < 4.78 is 6.32. The number of hydrogen-bond donors (Lipinski definition) is 1. The first kappa shape index (κ1) is 21.2. The zero-order chi connectivity index (χ0) is 23.0. The van der Waals surface area contributed by atoms with Crippen LogP contribution in [-0.4, -0.2) is 27.6 Å². The topological polar surface area (TPSA) is 126 Å². The first-order valence-corrected chi connectivity index (χ1v) is 10.0. The quantitative estimate of drug-likeness (QED) is 0.297. The normalized spacial score (nSPS) is 14.7. The molecule has 0 radical (unpaired) electrons. The van der Waals surface area contributed by atoms with E-state index in [9.17, 15) is 24.8 Å². The maximum Gasteiger partial charge on any atom is 0.335 e. The first-order chi connectivity index (χ1) is 15.2. The van der Waals surface area contributed by atoms with Crippen molar-refractivity contribution in [2.24, 2.45) is 5.10 Å². The molecule has 0 fully saturated rings. The molecule has 1 amide bonds. The molecule has 0 atom stereocenters. The number of hydrogen-bond acceptors (Lipinski definition) is 6. The van der Waals surface area contributed by atoms with Gasteiger partial charge in [-0.1, -0.05) is 6.07 Å². The van der Waals surface area contributed by atoms with Gasteiger partial charge in [-0.05, 0) is 65.3 Å². The summed E-state index contributed by atoms with van der Waals surface area (Å²) in [6, 6.07) is 13.6. The van der Waals surface area contributed by atoms with E-state index in [1.807, 2.05) is 0 Å². The summed E-state index contributed by atoms with van der Waals surface area (Å²) in [5.41, 5.74) is 1.71. The molecule has 0 spiro atoms. The lowest BCUT2D eigenvalue weighted by Gasteiger charge is -2.12. The van der Waals surface area contributed by atoms with Gasteiger partial charge in [-0.2, -0.15) is 10.1 Å². The van der Waals surface area contributed by atoms with Gasteiger partial charge in [0.1, 0.15) is 11.5 Å². The predicted octanol–water partition coefficient (Wildman–Crippen LogP) is 5.12. The minimum atomic E-state index is -1.10. The van der Waals surface area contributed by atoms with E-state index in [1.165, 1.54) is 24.3 Å². The average Bonchev–Trinajstić information content (AvgIpc) is 3.33. The molecule has 1 aromatic heterocycles. The SMILES string of the molecule is CC1=NN(c2cccc(C(=O)O)c2)C(=O)C1=Cc1ccc(-c2ccc([N+](=O)[O-])cc2Br)o1. The van der Waals surface area contributed by atoms with Crippen LogP contribution in [0, 0.1) is 10.1 Å². The van der Waals surface area contributed by atoms with Crippen molar-refractivity contribution in [3.05, 3.63) is 86.1 Å². The number of non-ortho nitro benzene ring substituents is 1. The van der Waals surface area contributed by atoms with Crippen molar-refractivity contribution in [2.75, 3.05) is 5.01 Å². The van der Waals surface area contributed by atoms with Crippen molar-refractivity contribution in [3.8, 4) is 11.3 Å². The third-order valence-corrected chi connectivity index (χ3v) is 5.40. The van der Waals surface area contributed by atoms with Crippen LogP contribution in [0.2, 0.25) is 0 Å². The van der Waals surface area contributed by atoms with E-state index in [-0.39, 0.29) is 11.3 Å². The molecule has 0 saturated carbocycles. The number of nitro benzene ring substituents is 1. The number of aromatic carboxylic acids is 1. The van der Waals surface area contributed by atoms with Crippen molar-refractivity contribution < 1.29 is 24.0 Å². The lowest BCUT2D eigenvalue weighted by atomic mass is 10.1. The molecule has 2 heterocycles. The van der Waals surface area contributed by atoms with Gasteiger partial charge >= 0.3 is 5.97 Å². The summed E-state index contributed by atoms with van der Waals surface area (Å²) in [5, 5.41) is 25.5. The third-order valence-electron chi connectivity index (χ3n) is 4.74. The Labute approximate surface area is 189 Å². The van der Waals surface area contributed by atoms with Gasteiger partial charge in [0.25, 0.3) is 11.6 Å². The van der Waals surface area contributed by atoms with E-state index in [0.717, 1.165) is 5.01 Å². The van der Waals surface area contributed by atoms with E-state index in [4.69, 9.17) is 4.42 Å². The molecule has 1 aliphatic rings.